The first kappa shape index (κ1) is 12.7. The number of para-hydroxylation sites is 1. The number of aromatic hydroxyl groups is 1. The maximum atomic E-state index is 11.2. The Balaban J connectivity index is 3.27. The van der Waals surface area contributed by atoms with Crippen molar-refractivity contribution >= 4 is 37.3 Å². The van der Waals surface area contributed by atoms with Gasteiger partial charge in [-0.05, 0) is 6.07 Å². The maximum Gasteiger partial charge on any atom is 0.297 e. The number of rotatable bonds is 4. The molecule has 2 N–H and O–H groups in total. The van der Waals surface area contributed by atoms with Crippen LogP contribution in [0.4, 0.5) is 11.4 Å². The third-order valence-corrected chi connectivity index (χ3v) is 4.23. The molecular weight excluding hydrogens is 304 g/mol. The highest BCUT2D eigenvalue weighted by molar-refractivity contribution is 9.10. The summed E-state index contributed by atoms with van der Waals surface area (Å²) in [7, 11) is -3.75. The summed E-state index contributed by atoms with van der Waals surface area (Å²) in [5.74, 6) is -0.501. The van der Waals surface area contributed by atoms with E-state index in [9.17, 15) is 23.6 Å². The quantitative estimate of drug-likeness (QED) is 0.378. The first-order valence-electron chi connectivity index (χ1n) is 3.90. The fourth-order valence-electron chi connectivity index (χ4n) is 0.968. The van der Waals surface area contributed by atoms with Gasteiger partial charge in [0, 0.05) is 6.07 Å². The molecule has 0 spiro atoms. The van der Waals surface area contributed by atoms with Gasteiger partial charge in [-0.3, -0.25) is 14.8 Å². The Kier molecular flexibility index (Phi) is 3.70. The van der Waals surface area contributed by atoms with E-state index in [0.717, 1.165) is 12.1 Å². The van der Waals surface area contributed by atoms with Gasteiger partial charge in [-0.25, -0.2) is 8.42 Å². The van der Waals surface area contributed by atoms with Gasteiger partial charge in [0.05, 0.1) is 4.92 Å². The van der Waals surface area contributed by atoms with Gasteiger partial charge in [0.1, 0.15) is 10.4 Å². The lowest BCUT2D eigenvalue weighted by atomic mass is 10.2. The average molecular weight is 311 g/mol. The summed E-state index contributed by atoms with van der Waals surface area (Å²) in [6.07, 6.45) is 0. The third kappa shape index (κ3) is 2.83. The number of alkyl halides is 1. The van der Waals surface area contributed by atoms with Crippen LogP contribution < -0.4 is 4.72 Å². The van der Waals surface area contributed by atoms with Gasteiger partial charge in [-0.1, -0.05) is 22.0 Å². The molecule has 1 aromatic carbocycles. The highest BCUT2D eigenvalue weighted by Gasteiger charge is 2.21. The van der Waals surface area contributed by atoms with Crippen molar-refractivity contribution in [2.45, 2.75) is 0 Å². The Morgan fingerprint density at radius 1 is 1.50 bits per heavy atom. The first-order chi connectivity index (χ1) is 7.37. The van der Waals surface area contributed by atoms with Crippen LogP contribution in [0.25, 0.3) is 0 Å². The number of nitro groups is 1. The van der Waals surface area contributed by atoms with Gasteiger partial charge in [0.25, 0.3) is 5.69 Å². The molecule has 0 heterocycles. The second kappa shape index (κ2) is 4.66. The molecule has 1 aromatic rings. The smallest absolute Gasteiger partial charge is 0.297 e. The summed E-state index contributed by atoms with van der Waals surface area (Å²) in [6.45, 7) is 0. The highest BCUT2D eigenvalue weighted by Crippen LogP contribution is 2.33. The largest absolute Gasteiger partial charge is 0.505 e. The number of phenols is 1. The first-order valence-corrected chi connectivity index (χ1v) is 6.67. The van der Waals surface area contributed by atoms with Crippen LogP contribution in [0.3, 0.4) is 0 Å². The molecule has 0 bridgehead atoms. The van der Waals surface area contributed by atoms with Crippen molar-refractivity contribution in [1.29, 1.82) is 0 Å². The van der Waals surface area contributed by atoms with Crippen LogP contribution in [0.2, 0.25) is 0 Å². The van der Waals surface area contributed by atoms with Gasteiger partial charge in [0.2, 0.25) is 10.0 Å². The lowest BCUT2D eigenvalue weighted by Gasteiger charge is -2.07. The van der Waals surface area contributed by atoms with Crippen molar-refractivity contribution in [2.75, 3.05) is 9.38 Å². The van der Waals surface area contributed by atoms with Gasteiger partial charge in [0.15, 0.2) is 5.69 Å². The van der Waals surface area contributed by atoms with Crippen molar-refractivity contribution < 1.29 is 18.4 Å². The molecule has 0 aromatic heterocycles. The van der Waals surface area contributed by atoms with E-state index in [1.54, 1.807) is 0 Å². The monoisotopic (exact) mass is 310 g/mol. The van der Waals surface area contributed by atoms with Crippen molar-refractivity contribution in [3.05, 3.63) is 28.3 Å². The topological polar surface area (TPSA) is 110 Å². The second-order valence-corrected chi connectivity index (χ2v) is 5.78. The maximum absolute atomic E-state index is 11.2. The number of anilines is 1. The van der Waals surface area contributed by atoms with E-state index < -0.39 is 36.7 Å². The minimum Gasteiger partial charge on any atom is -0.505 e. The van der Waals surface area contributed by atoms with Crippen LogP contribution in [0, 0.1) is 10.1 Å². The third-order valence-electron chi connectivity index (χ3n) is 1.62. The van der Waals surface area contributed by atoms with Crippen molar-refractivity contribution in [2.24, 2.45) is 0 Å². The molecule has 0 unspecified atom stereocenters. The average Bonchev–Trinajstić information content (AvgIpc) is 2.20. The van der Waals surface area contributed by atoms with Gasteiger partial charge in [-0.15, -0.1) is 0 Å². The molecule has 9 heteroatoms. The molecule has 0 saturated heterocycles. The summed E-state index contributed by atoms with van der Waals surface area (Å²) in [5.41, 5.74) is -0.948. The van der Waals surface area contributed by atoms with E-state index in [4.69, 9.17) is 0 Å². The Bertz CT molecular complexity index is 516. The molecule has 0 saturated carbocycles. The van der Waals surface area contributed by atoms with Crippen LogP contribution in [0.1, 0.15) is 0 Å². The molecule has 0 aliphatic rings. The zero-order valence-electron chi connectivity index (χ0n) is 7.75. The Hall–Kier alpha value is -1.35. The van der Waals surface area contributed by atoms with E-state index in [0.29, 0.717) is 0 Å². The molecule has 0 aliphatic carbocycles. The Labute approximate surface area is 99.4 Å². The molecule has 0 amide bonds. The van der Waals surface area contributed by atoms with Crippen LogP contribution in [-0.4, -0.2) is 23.1 Å². The van der Waals surface area contributed by atoms with E-state index in [2.05, 4.69) is 15.9 Å². The molecule has 16 heavy (non-hydrogen) atoms. The van der Waals surface area contributed by atoms with Gasteiger partial charge >= 0.3 is 0 Å². The summed E-state index contributed by atoms with van der Waals surface area (Å²) in [5, 5.41) is 19.9. The molecule has 1 rings (SSSR count). The molecule has 88 valence electrons. The van der Waals surface area contributed by atoms with E-state index in [1.165, 1.54) is 6.07 Å². The summed E-state index contributed by atoms with van der Waals surface area (Å²) >= 11 is 2.71. The van der Waals surface area contributed by atoms with Gasteiger partial charge in [-0.2, -0.15) is 0 Å². The van der Waals surface area contributed by atoms with Crippen LogP contribution in [0.15, 0.2) is 18.2 Å². The molecule has 0 atom stereocenters. The standard InChI is InChI=1S/C7H7BrN2O5S/c8-4-16(14,15)9-7-5(10(12)13)2-1-3-6(7)11/h1-3,9,11H,4H2. The minimum absolute atomic E-state index is 0.425. The predicted octanol–water partition coefficient (Wildman–Crippen LogP) is 1.39. The van der Waals surface area contributed by atoms with Crippen molar-refractivity contribution in [1.82, 2.24) is 0 Å². The fraction of sp³-hybridized carbons (Fsp3) is 0.143. The number of sulfonamides is 1. The Morgan fingerprint density at radius 2 is 2.12 bits per heavy atom. The van der Waals surface area contributed by atoms with Crippen LogP contribution in [0.5, 0.6) is 5.75 Å². The molecule has 0 aliphatic heterocycles. The summed E-state index contributed by atoms with van der Waals surface area (Å²) in [6, 6.07) is 3.49. The second-order valence-electron chi connectivity index (χ2n) is 2.75. The number of hydrogen-bond acceptors (Lipinski definition) is 5. The Morgan fingerprint density at radius 3 is 2.62 bits per heavy atom. The fourth-order valence-corrected chi connectivity index (χ4v) is 1.89. The molecule has 0 radical (unpaired) electrons. The molecule has 0 fully saturated rings. The summed E-state index contributed by atoms with van der Waals surface area (Å²) < 4.78 is 23.9. The summed E-state index contributed by atoms with van der Waals surface area (Å²) in [4.78, 5) is 9.81. The zero-order valence-corrected chi connectivity index (χ0v) is 10.2. The van der Waals surface area contributed by atoms with Crippen LogP contribution >= 0.6 is 15.9 Å². The van der Waals surface area contributed by atoms with Crippen molar-refractivity contribution in [3.8, 4) is 5.75 Å². The number of hydrogen-bond donors (Lipinski definition) is 2. The van der Waals surface area contributed by atoms with E-state index in [-0.39, 0.29) is 0 Å². The molecular formula is C7H7BrN2O5S. The lowest BCUT2D eigenvalue weighted by molar-refractivity contribution is -0.383. The number of phenolic OH excluding ortho intramolecular Hbond substituents is 1. The number of halogens is 1. The lowest BCUT2D eigenvalue weighted by Crippen LogP contribution is -2.14. The number of nitrogens with one attached hydrogen (secondary N) is 1. The zero-order chi connectivity index (χ0) is 12.3. The van der Waals surface area contributed by atoms with E-state index >= 15 is 0 Å². The predicted molar refractivity (Wildman–Crippen MR) is 61.1 cm³/mol. The number of benzene rings is 1. The minimum atomic E-state index is -3.75. The van der Waals surface area contributed by atoms with Crippen molar-refractivity contribution in [3.63, 3.8) is 0 Å². The van der Waals surface area contributed by atoms with E-state index in [1.807, 2.05) is 4.72 Å². The SMILES string of the molecule is O=[N+]([O-])c1cccc(O)c1NS(=O)(=O)CBr. The normalized spacial score (nSPS) is 11.1. The van der Waals surface area contributed by atoms with Crippen LogP contribution in [-0.2, 0) is 10.0 Å². The number of nitrogens with zero attached hydrogens (tertiary/aromatic N) is 1. The highest BCUT2D eigenvalue weighted by atomic mass is 79.9. The van der Waals surface area contributed by atoms with Gasteiger partial charge < -0.3 is 5.11 Å². The number of nitro benzene ring substituents is 1. The molecule has 7 nitrogen and oxygen atoms in total.